The van der Waals surface area contributed by atoms with Gasteiger partial charge in [-0.15, -0.1) is 0 Å². The Labute approximate surface area is 113 Å². The van der Waals surface area contributed by atoms with Crippen molar-refractivity contribution in [3.63, 3.8) is 0 Å². The molecule has 0 aliphatic carbocycles. The van der Waals surface area contributed by atoms with Crippen molar-refractivity contribution in [1.29, 1.82) is 0 Å². The summed E-state index contributed by atoms with van der Waals surface area (Å²) in [6.07, 6.45) is 1.87. The Bertz CT molecular complexity index is 703. The van der Waals surface area contributed by atoms with Gasteiger partial charge in [0.25, 0.3) is 0 Å². The molecule has 2 aromatic heterocycles. The fraction of sp³-hybridized carbons (Fsp3) is 0.0714. The van der Waals surface area contributed by atoms with Gasteiger partial charge in [-0.25, -0.2) is 4.98 Å². The number of fused-ring (bicyclic) bond motifs is 1. The highest BCUT2D eigenvalue weighted by atomic mass is 79.9. The van der Waals surface area contributed by atoms with Crippen LogP contribution in [-0.4, -0.2) is 9.38 Å². The highest BCUT2D eigenvalue weighted by molar-refractivity contribution is 9.10. The monoisotopic (exact) mass is 301 g/mol. The number of hydrogen-bond donors (Lipinski definition) is 1. The van der Waals surface area contributed by atoms with E-state index in [1.165, 1.54) is 0 Å². The number of benzene rings is 1. The molecule has 0 atom stereocenters. The number of nitrogens with two attached hydrogens (primary N) is 1. The molecule has 0 bridgehead atoms. The Morgan fingerprint density at radius 3 is 2.72 bits per heavy atom. The van der Waals surface area contributed by atoms with E-state index >= 15 is 0 Å². The molecule has 2 N–H and O–H groups in total. The molecule has 0 aliphatic heterocycles. The van der Waals surface area contributed by atoms with Crippen LogP contribution in [0, 0.1) is 0 Å². The summed E-state index contributed by atoms with van der Waals surface area (Å²) in [5, 5.41) is 0. The topological polar surface area (TPSA) is 43.3 Å². The quantitative estimate of drug-likeness (QED) is 0.790. The van der Waals surface area contributed by atoms with Crippen LogP contribution in [0.4, 0.5) is 0 Å². The molecule has 90 valence electrons. The molecular formula is C14H12BrN3. The van der Waals surface area contributed by atoms with E-state index in [1.54, 1.807) is 0 Å². The molecule has 3 nitrogen and oxygen atoms in total. The zero-order valence-corrected chi connectivity index (χ0v) is 11.3. The SMILES string of the molecule is NCc1cccc2cnc(-c3ccccc3Br)n12. The number of aromatic nitrogens is 2. The van der Waals surface area contributed by atoms with Gasteiger partial charge in [0.05, 0.1) is 11.7 Å². The minimum Gasteiger partial charge on any atom is -0.325 e. The Hall–Kier alpha value is -1.65. The van der Waals surface area contributed by atoms with Crippen LogP contribution in [0.2, 0.25) is 0 Å². The molecule has 3 rings (SSSR count). The second-order valence-corrected chi connectivity index (χ2v) is 4.90. The summed E-state index contributed by atoms with van der Waals surface area (Å²) in [6, 6.07) is 14.1. The lowest BCUT2D eigenvalue weighted by molar-refractivity contribution is 0.945. The number of hydrogen-bond acceptors (Lipinski definition) is 2. The zero-order chi connectivity index (χ0) is 12.5. The molecule has 0 aliphatic rings. The minimum absolute atomic E-state index is 0.491. The third-order valence-electron chi connectivity index (χ3n) is 2.96. The van der Waals surface area contributed by atoms with Crippen LogP contribution in [-0.2, 0) is 6.54 Å². The Morgan fingerprint density at radius 1 is 1.11 bits per heavy atom. The number of halogens is 1. The molecule has 0 fully saturated rings. The zero-order valence-electron chi connectivity index (χ0n) is 9.68. The van der Waals surface area contributed by atoms with Gasteiger partial charge in [0, 0.05) is 22.3 Å². The summed E-state index contributed by atoms with van der Waals surface area (Å²) in [6.45, 7) is 0.491. The molecule has 4 heteroatoms. The lowest BCUT2D eigenvalue weighted by atomic mass is 10.2. The first-order chi connectivity index (χ1) is 8.81. The molecule has 2 heterocycles. The maximum Gasteiger partial charge on any atom is 0.145 e. The number of pyridine rings is 1. The summed E-state index contributed by atoms with van der Waals surface area (Å²) in [5.41, 5.74) is 8.98. The Morgan fingerprint density at radius 2 is 1.94 bits per heavy atom. The molecule has 0 spiro atoms. The van der Waals surface area contributed by atoms with E-state index in [0.29, 0.717) is 6.54 Å². The van der Waals surface area contributed by atoms with E-state index in [0.717, 1.165) is 27.1 Å². The molecule has 18 heavy (non-hydrogen) atoms. The van der Waals surface area contributed by atoms with Crippen LogP contribution in [0.15, 0.2) is 53.1 Å². The van der Waals surface area contributed by atoms with Crippen LogP contribution in [0.3, 0.4) is 0 Å². The molecule has 0 saturated carbocycles. The van der Waals surface area contributed by atoms with Crippen LogP contribution in [0.5, 0.6) is 0 Å². The summed E-state index contributed by atoms with van der Waals surface area (Å²) >= 11 is 3.57. The maximum absolute atomic E-state index is 5.80. The third kappa shape index (κ3) is 1.74. The molecule has 0 saturated heterocycles. The second-order valence-electron chi connectivity index (χ2n) is 4.04. The van der Waals surface area contributed by atoms with Crippen molar-refractivity contribution in [2.75, 3.05) is 0 Å². The summed E-state index contributed by atoms with van der Waals surface area (Å²) in [5.74, 6) is 0.915. The lowest BCUT2D eigenvalue weighted by Crippen LogP contribution is -2.04. The van der Waals surface area contributed by atoms with Crippen LogP contribution in [0.25, 0.3) is 16.9 Å². The van der Waals surface area contributed by atoms with Crippen molar-refractivity contribution in [3.05, 3.63) is 58.8 Å². The van der Waals surface area contributed by atoms with Gasteiger partial charge in [-0.05, 0) is 18.2 Å². The Kier molecular flexibility index (Phi) is 2.89. The normalized spacial score (nSPS) is 11.0. The first-order valence-electron chi connectivity index (χ1n) is 5.71. The average Bonchev–Trinajstić information content (AvgIpc) is 2.83. The van der Waals surface area contributed by atoms with E-state index in [1.807, 2.05) is 48.7 Å². The van der Waals surface area contributed by atoms with Gasteiger partial charge in [-0.1, -0.05) is 40.2 Å². The van der Waals surface area contributed by atoms with Crippen LogP contribution in [0.1, 0.15) is 5.69 Å². The molecule has 0 unspecified atom stereocenters. The standard InChI is InChI=1S/C14H12BrN3/c15-13-7-2-1-6-12(13)14-17-9-11-5-3-4-10(8-16)18(11)14/h1-7,9H,8,16H2. The fourth-order valence-corrected chi connectivity index (χ4v) is 2.57. The molecular weight excluding hydrogens is 290 g/mol. The third-order valence-corrected chi connectivity index (χ3v) is 3.65. The van der Waals surface area contributed by atoms with Crippen molar-refractivity contribution in [2.24, 2.45) is 5.73 Å². The molecule has 0 amide bonds. The van der Waals surface area contributed by atoms with Crippen molar-refractivity contribution < 1.29 is 0 Å². The predicted octanol–water partition coefficient (Wildman–Crippen LogP) is 3.22. The van der Waals surface area contributed by atoms with Crippen molar-refractivity contribution in [3.8, 4) is 11.4 Å². The highest BCUT2D eigenvalue weighted by Crippen LogP contribution is 2.28. The molecule has 1 aromatic carbocycles. The predicted molar refractivity (Wildman–Crippen MR) is 76.2 cm³/mol. The van der Waals surface area contributed by atoms with Gasteiger partial charge in [0.15, 0.2) is 0 Å². The van der Waals surface area contributed by atoms with E-state index in [-0.39, 0.29) is 0 Å². The van der Waals surface area contributed by atoms with E-state index in [4.69, 9.17) is 5.73 Å². The largest absolute Gasteiger partial charge is 0.325 e. The summed E-state index contributed by atoms with van der Waals surface area (Å²) in [7, 11) is 0. The smallest absolute Gasteiger partial charge is 0.145 e. The average molecular weight is 302 g/mol. The maximum atomic E-state index is 5.80. The number of imidazole rings is 1. The lowest BCUT2D eigenvalue weighted by Gasteiger charge is -2.08. The fourth-order valence-electron chi connectivity index (χ4n) is 2.11. The van der Waals surface area contributed by atoms with Crippen LogP contribution >= 0.6 is 15.9 Å². The van der Waals surface area contributed by atoms with Gasteiger partial charge in [0.1, 0.15) is 5.82 Å². The van der Waals surface area contributed by atoms with Gasteiger partial charge < -0.3 is 5.73 Å². The van der Waals surface area contributed by atoms with Gasteiger partial charge in [-0.2, -0.15) is 0 Å². The van der Waals surface area contributed by atoms with Gasteiger partial charge in [0.2, 0.25) is 0 Å². The van der Waals surface area contributed by atoms with E-state index < -0.39 is 0 Å². The second kappa shape index (κ2) is 4.55. The van der Waals surface area contributed by atoms with Crippen molar-refractivity contribution >= 4 is 21.4 Å². The first kappa shape index (κ1) is 11.4. The van der Waals surface area contributed by atoms with Crippen molar-refractivity contribution in [2.45, 2.75) is 6.54 Å². The van der Waals surface area contributed by atoms with E-state index in [9.17, 15) is 0 Å². The molecule has 0 radical (unpaired) electrons. The number of rotatable bonds is 2. The Balaban J connectivity index is 2.34. The molecule has 3 aromatic rings. The summed E-state index contributed by atoms with van der Waals surface area (Å²) in [4.78, 5) is 4.51. The van der Waals surface area contributed by atoms with Crippen molar-refractivity contribution in [1.82, 2.24) is 9.38 Å². The van der Waals surface area contributed by atoms with Crippen LogP contribution < -0.4 is 5.73 Å². The van der Waals surface area contributed by atoms with E-state index in [2.05, 4.69) is 25.3 Å². The number of nitrogens with zero attached hydrogens (tertiary/aromatic N) is 2. The summed E-state index contributed by atoms with van der Waals surface area (Å²) < 4.78 is 3.13. The van der Waals surface area contributed by atoms with Gasteiger partial charge >= 0.3 is 0 Å². The highest BCUT2D eigenvalue weighted by Gasteiger charge is 2.11. The van der Waals surface area contributed by atoms with Gasteiger partial charge in [-0.3, -0.25) is 4.40 Å². The minimum atomic E-state index is 0.491. The first-order valence-corrected chi connectivity index (χ1v) is 6.51.